The van der Waals surface area contributed by atoms with Crippen LogP contribution in [0.2, 0.25) is 0 Å². The zero-order valence-electron chi connectivity index (χ0n) is 16.3. The van der Waals surface area contributed by atoms with Crippen molar-refractivity contribution in [3.8, 4) is 6.07 Å². The highest BCUT2D eigenvalue weighted by atomic mass is 31.2. The molecule has 24 heavy (non-hydrogen) atoms. The van der Waals surface area contributed by atoms with Gasteiger partial charge in [-0.15, -0.1) is 0 Å². The van der Waals surface area contributed by atoms with Gasteiger partial charge in [0.05, 0.1) is 57.5 Å². The first-order chi connectivity index (χ1) is 10.9. The number of hydrogen-bond acceptors (Lipinski definition) is 6. The minimum Gasteiger partial charge on any atom is -0.289 e. The van der Waals surface area contributed by atoms with Gasteiger partial charge in [-0.1, -0.05) is 0 Å². The minimum absolute atomic E-state index is 0.223. The molecule has 0 saturated carbocycles. The van der Waals surface area contributed by atoms with Gasteiger partial charge in [0.2, 0.25) is 0 Å². The molecule has 0 aromatic carbocycles. The molecule has 138 valence electrons. The Morgan fingerprint density at radius 2 is 1.75 bits per heavy atom. The van der Waals surface area contributed by atoms with Crippen molar-refractivity contribution >= 4 is 13.7 Å². The summed E-state index contributed by atoms with van der Waals surface area (Å²) < 4.78 is 25.3. The van der Waals surface area contributed by atoms with Gasteiger partial charge in [0.25, 0.3) is 0 Å². The fourth-order valence-corrected chi connectivity index (χ4v) is 4.61. The lowest BCUT2D eigenvalue weighted by atomic mass is 10.2. The van der Waals surface area contributed by atoms with E-state index in [2.05, 4.69) is 15.5 Å². The molecule has 0 spiro atoms. The van der Waals surface area contributed by atoms with Crippen molar-refractivity contribution in [3.05, 3.63) is 0 Å². The topological polar surface area (TPSA) is 70.1 Å². The number of guanidine groups is 1. The molecule has 1 rings (SSSR count). The van der Waals surface area contributed by atoms with Crippen molar-refractivity contribution in [3.63, 3.8) is 0 Å². The van der Waals surface area contributed by atoms with E-state index >= 15 is 0 Å². The Morgan fingerprint density at radius 3 is 2.12 bits per heavy atom. The van der Waals surface area contributed by atoms with Crippen molar-refractivity contribution < 1.29 is 18.1 Å². The summed E-state index contributed by atoms with van der Waals surface area (Å²) in [7, 11) is 0.934. The smallest absolute Gasteiger partial charge is 0.289 e. The first kappa shape index (κ1) is 21.1. The Hall–Kier alpha value is -0.930. The minimum atomic E-state index is -3.04. The summed E-state index contributed by atoms with van der Waals surface area (Å²) >= 11 is 0. The Balaban J connectivity index is 3.38. The highest BCUT2D eigenvalue weighted by molar-refractivity contribution is 7.51. The second-order valence-corrected chi connectivity index (χ2v) is 9.62. The van der Waals surface area contributed by atoms with Gasteiger partial charge >= 0.3 is 13.7 Å². The van der Waals surface area contributed by atoms with Crippen LogP contribution in [0.25, 0.3) is 0 Å². The van der Waals surface area contributed by atoms with E-state index in [1.54, 1.807) is 0 Å². The van der Waals surface area contributed by atoms with E-state index in [0.717, 1.165) is 19.0 Å². The van der Waals surface area contributed by atoms with Gasteiger partial charge in [-0.25, -0.2) is 0 Å². The molecule has 0 aromatic rings. The second-order valence-electron chi connectivity index (χ2n) is 7.86. The number of likely N-dealkylation sites (N-methyl/N-ethyl adjacent to an activating group) is 2. The van der Waals surface area contributed by atoms with E-state index in [1.807, 2.05) is 55.6 Å². The summed E-state index contributed by atoms with van der Waals surface area (Å²) in [6.07, 6.45) is 0.263. The third kappa shape index (κ3) is 6.90. The molecule has 0 saturated heterocycles. The van der Waals surface area contributed by atoms with E-state index in [4.69, 9.17) is 23.6 Å². The lowest BCUT2D eigenvalue weighted by Crippen LogP contribution is -2.28. The van der Waals surface area contributed by atoms with Crippen LogP contribution in [0.1, 0.15) is 48.0 Å². The summed E-state index contributed by atoms with van der Waals surface area (Å²) in [6, 6.07) is 2.09. The molecule has 0 N–H and O–H groups in total. The lowest BCUT2D eigenvalue weighted by Gasteiger charge is -2.32. The zero-order chi connectivity index (χ0) is 18.6. The molecule has 1 heterocycles. The van der Waals surface area contributed by atoms with Gasteiger partial charge in [0.1, 0.15) is 0 Å². The second kappa shape index (κ2) is 7.97. The molecule has 1 aliphatic rings. The van der Waals surface area contributed by atoms with Gasteiger partial charge in [0, 0.05) is 0 Å². The van der Waals surface area contributed by atoms with Gasteiger partial charge < -0.3 is 0 Å². The molecule has 0 atom stereocenters. The Labute approximate surface area is 146 Å². The predicted molar refractivity (Wildman–Crippen MR) is 95.9 cm³/mol. The van der Waals surface area contributed by atoms with Crippen LogP contribution in [-0.4, -0.2) is 60.4 Å². The fourth-order valence-electron chi connectivity index (χ4n) is 2.09. The van der Waals surface area contributed by atoms with Crippen LogP contribution >= 0.6 is 7.74 Å². The summed E-state index contributed by atoms with van der Waals surface area (Å²) in [5, 5.41) is 8.85. The molecule has 0 amide bonds. The molecular formula is C16H32N4O3P+. The van der Waals surface area contributed by atoms with E-state index in [9.17, 15) is 0 Å². The van der Waals surface area contributed by atoms with Crippen molar-refractivity contribution in [2.24, 2.45) is 4.74 Å². The molecule has 0 radical (unpaired) electrons. The highest BCUT2D eigenvalue weighted by Gasteiger charge is 2.41. The van der Waals surface area contributed by atoms with Crippen molar-refractivity contribution in [2.75, 3.05) is 33.8 Å². The van der Waals surface area contributed by atoms with Gasteiger partial charge in [-0.2, -0.15) is 5.26 Å². The highest BCUT2D eigenvalue weighted by Crippen LogP contribution is 2.58. The summed E-state index contributed by atoms with van der Waals surface area (Å²) in [6.45, 7) is 13.7. The van der Waals surface area contributed by atoms with Crippen molar-refractivity contribution in [2.45, 2.75) is 59.2 Å². The number of rotatable bonds is 5. The van der Waals surface area contributed by atoms with Gasteiger partial charge in [-0.05, 0) is 46.3 Å². The van der Waals surface area contributed by atoms with Crippen LogP contribution in [-0.2, 0) is 13.6 Å². The average Bonchev–Trinajstić information content (AvgIpc) is 2.66. The van der Waals surface area contributed by atoms with Crippen molar-refractivity contribution in [1.82, 2.24) is 4.90 Å². The molecule has 0 aromatic heterocycles. The number of hydrogen-bond donors (Lipinski definition) is 0. The maximum absolute atomic E-state index is 8.85. The van der Waals surface area contributed by atoms with Crippen LogP contribution in [0, 0.1) is 11.3 Å². The SMILES string of the molecule is CN1CC[N+](C)=C1N=P(OCCC#N)(OC(C)(C)C)OC(C)(C)C. The van der Waals surface area contributed by atoms with Crippen molar-refractivity contribution in [1.29, 1.82) is 5.26 Å². The van der Waals surface area contributed by atoms with E-state index < -0.39 is 18.9 Å². The van der Waals surface area contributed by atoms with Crippen LogP contribution in [0.3, 0.4) is 0 Å². The molecule has 0 fully saturated rings. The molecule has 1 aliphatic heterocycles. The van der Waals surface area contributed by atoms with Crippen LogP contribution in [0.4, 0.5) is 0 Å². The summed E-state index contributed by atoms with van der Waals surface area (Å²) in [5.41, 5.74) is -0.989. The normalized spacial score (nSPS) is 16.5. The monoisotopic (exact) mass is 359 g/mol. The molecule has 0 aliphatic carbocycles. The largest absolute Gasteiger partial charge is 0.440 e. The van der Waals surface area contributed by atoms with E-state index in [1.165, 1.54) is 0 Å². The van der Waals surface area contributed by atoms with E-state index in [0.29, 0.717) is 0 Å². The standard InChI is InChI=1S/C16H32N4O3P/c1-15(2,3)22-24(21-13-9-10-17,23-16(4,5)6)18-14-19(7)11-12-20(14)8/h9,11-13H2,1-8H3/q+1. The number of nitriles is 1. The Morgan fingerprint density at radius 1 is 1.21 bits per heavy atom. The predicted octanol–water partition coefficient (Wildman–Crippen LogP) is 3.44. The average molecular weight is 359 g/mol. The van der Waals surface area contributed by atoms with Crippen LogP contribution in [0.5, 0.6) is 0 Å². The van der Waals surface area contributed by atoms with Crippen LogP contribution < -0.4 is 0 Å². The first-order valence-corrected chi connectivity index (χ1v) is 9.71. The number of nitrogens with zero attached hydrogens (tertiary/aromatic N) is 4. The van der Waals surface area contributed by atoms with Crippen LogP contribution in [0.15, 0.2) is 4.74 Å². The molecule has 0 bridgehead atoms. The third-order valence-corrected chi connectivity index (χ3v) is 5.40. The first-order valence-electron chi connectivity index (χ1n) is 8.22. The molecular weight excluding hydrogens is 327 g/mol. The Bertz CT molecular complexity index is 547. The molecule has 0 unspecified atom stereocenters. The maximum Gasteiger partial charge on any atom is 0.440 e. The van der Waals surface area contributed by atoms with Gasteiger partial charge in [0.15, 0.2) is 0 Å². The van der Waals surface area contributed by atoms with E-state index in [-0.39, 0.29) is 13.0 Å². The fraction of sp³-hybridized carbons (Fsp3) is 0.875. The summed E-state index contributed by atoms with van der Waals surface area (Å²) in [4.78, 5) is 2.06. The van der Waals surface area contributed by atoms with Gasteiger partial charge in [-0.3, -0.25) is 23.0 Å². The quantitative estimate of drug-likeness (QED) is 0.427. The maximum atomic E-state index is 8.85. The molecule has 7 nitrogen and oxygen atoms in total. The zero-order valence-corrected chi connectivity index (χ0v) is 17.2. The third-order valence-electron chi connectivity index (χ3n) is 2.91. The summed E-state index contributed by atoms with van der Waals surface area (Å²) in [5.74, 6) is 0.786. The molecule has 8 heteroatoms. The Kier molecular flexibility index (Phi) is 7.01. The lowest BCUT2D eigenvalue weighted by molar-refractivity contribution is -0.487.